The van der Waals surface area contributed by atoms with Crippen LogP contribution in [0.25, 0.3) is 0 Å². The molecule has 23 heavy (non-hydrogen) atoms. The maximum atomic E-state index is 13.7. The van der Waals surface area contributed by atoms with Crippen LogP contribution in [0, 0.1) is 5.82 Å². The number of nitrogens with zero attached hydrogens (tertiary/aromatic N) is 1. The van der Waals surface area contributed by atoms with E-state index in [4.69, 9.17) is 5.73 Å². The number of aromatic nitrogens is 1. The molecule has 0 aliphatic carbocycles. The normalized spacial score (nSPS) is 12.3. The number of rotatable bonds is 5. The molecule has 0 saturated heterocycles. The Morgan fingerprint density at radius 3 is 2.43 bits per heavy atom. The van der Waals surface area contributed by atoms with Gasteiger partial charge in [0.15, 0.2) is 5.82 Å². The standard InChI is InChI=1S/C17H19BrFN3O/c1-10(2)11-3-5-12(6-4-11)15(20)9-22-17(23)16-13(18)7-21-8-14(16)19/h3-8,10,15H,9,20H2,1-2H3,(H,22,23). The van der Waals surface area contributed by atoms with E-state index in [1.807, 2.05) is 24.3 Å². The zero-order chi connectivity index (χ0) is 17.0. The van der Waals surface area contributed by atoms with Crippen LogP contribution in [0.1, 0.15) is 47.3 Å². The van der Waals surface area contributed by atoms with Crippen molar-refractivity contribution in [2.24, 2.45) is 5.73 Å². The predicted molar refractivity (Wildman–Crippen MR) is 91.7 cm³/mol. The summed E-state index contributed by atoms with van der Waals surface area (Å²) in [5.41, 5.74) is 8.17. The van der Waals surface area contributed by atoms with Crippen LogP contribution in [0.15, 0.2) is 41.1 Å². The molecular weight excluding hydrogens is 361 g/mol. The Labute approximate surface area is 143 Å². The van der Waals surface area contributed by atoms with Crippen LogP contribution in [0.4, 0.5) is 4.39 Å². The molecule has 0 saturated carbocycles. The number of benzene rings is 1. The summed E-state index contributed by atoms with van der Waals surface area (Å²) in [5, 5.41) is 2.65. The van der Waals surface area contributed by atoms with Gasteiger partial charge in [-0.05, 0) is 33.0 Å². The lowest BCUT2D eigenvalue weighted by atomic mass is 9.99. The molecule has 2 rings (SSSR count). The van der Waals surface area contributed by atoms with Crippen LogP contribution < -0.4 is 11.1 Å². The summed E-state index contributed by atoms with van der Waals surface area (Å²) in [4.78, 5) is 15.8. The lowest BCUT2D eigenvalue weighted by Gasteiger charge is -2.15. The summed E-state index contributed by atoms with van der Waals surface area (Å²) in [6, 6.07) is 7.61. The third-order valence-corrected chi connectivity index (χ3v) is 4.20. The number of nitrogens with one attached hydrogen (secondary N) is 1. The Morgan fingerprint density at radius 1 is 1.26 bits per heavy atom. The van der Waals surface area contributed by atoms with Gasteiger partial charge in [0.2, 0.25) is 0 Å². The lowest BCUT2D eigenvalue weighted by Crippen LogP contribution is -2.32. The average molecular weight is 380 g/mol. The quantitative estimate of drug-likeness (QED) is 0.834. The van der Waals surface area contributed by atoms with E-state index in [9.17, 15) is 9.18 Å². The molecule has 0 spiro atoms. The first-order valence-electron chi connectivity index (χ1n) is 7.32. The van der Waals surface area contributed by atoms with Gasteiger partial charge in [0.1, 0.15) is 0 Å². The number of pyridine rings is 1. The highest BCUT2D eigenvalue weighted by atomic mass is 79.9. The SMILES string of the molecule is CC(C)c1ccc(C(N)CNC(=O)c2c(F)cncc2Br)cc1. The van der Waals surface area contributed by atoms with Crippen molar-refractivity contribution < 1.29 is 9.18 Å². The number of carbonyl (C=O) groups excluding carboxylic acids is 1. The van der Waals surface area contributed by atoms with Crippen molar-refractivity contribution in [1.82, 2.24) is 10.3 Å². The second kappa shape index (κ2) is 7.66. The molecule has 1 unspecified atom stereocenters. The molecule has 4 nitrogen and oxygen atoms in total. The summed E-state index contributed by atoms with van der Waals surface area (Å²) >= 11 is 3.13. The molecule has 1 heterocycles. The summed E-state index contributed by atoms with van der Waals surface area (Å²) in [6.07, 6.45) is 2.38. The van der Waals surface area contributed by atoms with Crippen molar-refractivity contribution >= 4 is 21.8 Å². The zero-order valence-electron chi connectivity index (χ0n) is 13.0. The van der Waals surface area contributed by atoms with E-state index in [0.717, 1.165) is 11.8 Å². The first-order chi connectivity index (χ1) is 10.9. The second-order valence-electron chi connectivity index (χ2n) is 5.62. The highest BCUT2D eigenvalue weighted by Crippen LogP contribution is 2.19. The van der Waals surface area contributed by atoms with Crippen LogP contribution in [0.3, 0.4) is 0 Å². The van der Waals surface area contributed by atoms with Gasteiger partial charge in [-0.2, -0.15) is 0 Å². The molecule has 1 amide bonds. The average Bonchev–Trinajstić information content (AvgIpc) is 2.52. The van der Waals surface area contributed by atoms with Crippen LogP contribution >= 0.6 is 15.9 Å². The number of hydrogen-bond donors (Lipinski definition) is 2. The van der Waals surface area contributed by atoms with Crippen molar-refractivity contribution in [3.63, 3.8) is 0 Å². The Kier molecular flexibility index (Phi) is 5.85. The van der Waals surface area contributed by atoms with Gasteiger partial charge in [-0.25, -0.2) is 4.39 Å². The van der Waals surface area contributed by atoms with Gasteiger partial charge in [0.25, 0.3) is 5.91 Å². The largest absolute Gasteiger partial charge is 0.350 e. The van der Waals surface area contributed by atoms with E-state index in [-0.39, 0.29) is 18.2 Å². The van der Waals surface area contributed by atoms with Gasteiger partial charge in [-0.3, -0.25) is 9.78 Å². The van der Waals surface area contributed by atoms with Gasteiger partial charge in [0.05, 0.1) is 16.2 Å². The van der Waals surface area contributed by atoms with Gasteiger partial charge in [0, 0.05) is 18.8 Å². The maximum Gasteiger partial charge on any atom is 0.255 e. The van der Waals surface area contributed by atoms with Gasteiger partial charge in [-0.15, -0.1) is 0 Å². The molecule has 2 aromatic rings. The Morgan fingerprint density at radius 2 is 1.87 bits per heavy atom. The molecule has 0 radical (unpaired) electrons. The van der Waals surface area contributed by atoms with E-state index in [1.165, 1.54) is 11.8 Å². The highest BCUT2D eigenvalue weighted by Gasteiger charge is 2.17. The molecule has 0 bridgehead atoms. The maximum absolute atomic E-state index is 13.7. The number of nitrogens with two attached hydrogens (primary N) is 1. The third kappa shape index (κ3) is 4.36. The minimum Gasteiger partial charge on any atom is -0.350 e. The summed E-state index contributed by atoms with van der Waals surface area (Å²) in [5.74, 6) is -0.746. The predicted octanol–water partition coefficient (Wildman–Crippen LogP) is 3.54. The van der Waals surface area contributed by atoms with E-state index < -0.39 is 11.7 Å². The number of amides is 1. The topological polar surface area (TPSA) is 68.0 Å². The van der Waals surface area contributed by atoms with Crippen molar-refractivity contribution in [3.05, 3.63) is 63.6 Å². The molecule has 1 atom stereocenters. The van der Waals surface area contributed by atoms with E-state index in [1.54, 1.807) is 0 Å². The van der Waals surface area contributed by atoms with Crippen molar-refractivity contribution in [2.45, 2.75) is 25.8 Å². The van der Waals surface area contributed by atoms with Gasteiger partial charge < -0.3 is 11.1 Å². The Bertz CT molecular complexity index is 668. The first kappa shape index (κ1) is 17.6. The number of hydrogen-bond acceptors (Lipinski definition) is 3. The summed E-state index contributed by atoms with van der Waals surface area (Å²) in [7, 11) is 0. The molecule has 0 fully saturated rings. The minimum atomic E-state index is -0.674. The molecule has 0 aliphatic heterocycles. The fourth-order valence-corrected chi connectivity index (χ4v) is 2.65. The van der Waals surface area contributed by atoms with E-state index in [2.05, 4.69) is 40.1 Å². The molecule has 1 aromatic heterocycles. The first-order valence-corrected chi connectivity index (χ1v) is 8.12. The zero-order valence-corrected chi connectivity index (χ0v) is 14.6. The number of halogens is 2. The smallest absolute Gasteiger partial charge is 0.255 e. The lowest BCUT2D eigenvalue weighted by molar-refractivity contribution is 0.0946. The summed E-state index contributed by atoms with van der Waals surface area (Å²) < 4.78 is 14.0. The van der Waals surface area contributed by atoms with Gasteiger partial charge >= 0.3 is 0 Å². The molecular formula is C17H19BrFN3O. The highest BCUT2D eigenvalue weighted by molar-refractivity contribution is 9.10. The Hall–Kier alpha value is -1.79. The molecule has 122 valence electrons. The van der Waals surface area contributed by atoms with Crippen LogP contribution in [0.5, 0.6) is 0 Å². The van der Waals surface area contributed by atoms with E-state index >= 15 is 0 Å². The fourth-order valence-electron chi connectivity index (χ4n) is 2.17. The molecule has 0 aliphatic rings. The Balaban J connectivity index is 2.01. The van der Waals surface area contributed by atoms with Crippen LogP contribution in [-0.2, 0) is 0 Å². The van der Waals surface area contributed by atoms with Crippen LogP contribution in [0.2, 0.25) is 0 Å². The molecule has 1 aromatic carbocycles. The van der Waals surface area contributed by atoms with Crippen molar-refractivity contribution in [1.29, 1.82) is 0 Å². The monoisotopic (exact) mass is 379 g/mol. The van der Waals surface area contributed by atoms with E-state index in [0.29, 0.717) is 10.4 Å². The van der Waals surface area contributed by atoms with Crippen molar-refractivity contribution in [3.8, 4) is 0 Å². The van der Waals surface area contributed by atoms with Gasteiger partial charge in [-0.1, -0.05) is 38.1 Å². The summed E-state index contributed by atoms with van der Waals surface area (Å²) in [6.45, 7) is 4.46. The number of carbonyl (C=O) groups is 1. The second-order valence-corrected chi connectivity index (χ2v) is 6.47. The fraction of sp³-hybridized carbons (Fsp3) is 0.294. The van der Waals surface area contributed by atoms with Crippen LogP contribution in [-0.4, -0.2) is 17.4 Å². The minimum absolute atomic E-state index is 0.0673. The molecule has 3 N–H and O–H groups in total. The third-order valence-electron chi connectivity index (χ3n) is 3.59. The van der Waals surface area contributed by atoms with Crippen molar-refractivity contribution in [2.75, 3.05) is 6.54 Å². The molecule has 6 heteroatoms.